The Morgan fingerprint density at radius 2 is 1.90 bits per heavy atom. The summed E-state index contributed by atoms with van der Waals surface area (Å²) in [5.74, 6) is -0.510. The van der Waals surface area contributed by atoms with Crippen LogP contribution in [0.1, 0.15) is 18.4 Å². The van der Waals surface area contributed by atoms with Crippen LogP contribution in [0.5, 0.6) is 11.5 Å². The summed E-state index contributed by atoms with van der Waals surface area (Å²) in [6.45, 7) is 3.11. The van der Waals surface area contributed by atoms with Crippen LogP contribution in [0, 0.1) is 5.92 Å². The first kappa shape index (κ1) is 23.1. The maximum atomic E-state index is 12.1. The first-order valence-corrected chi connectivity index (χ1v) is 9.82. The smallest absolute Gasteiger partial charge is 0.475 e. The molecule has 0 spiro atoms. The van der Waals surface area contributed by atoms with Crippen molar-refractivity contribution in [3.8, 4) is 11.5 Å². The maximum absolute atomic E-state index is 12.1. The number of piperidine rings is 1. The van der Waals surface area contributed by atoms with Crippen molar-refractivity contribution in [2.45, 2.75) is 37.8 Å². The fourth-order valence-corrected chi connectivity index (χ4v) is 3.88. The van der Waals surface area contributed by atoms with Crippen LogP contribution in [-0.2, 0) is 20.9 Å². The standard InChI is InChI=1S/C18H24N2O4.C2HF3O2/c1-19(2)18(21)16-8-13-5-6-20(10-17(13)24-16)9-12-3-4-14-15(7-12)23-11-22-14;3-2(4,5)1(6)7/h3-4,7,13,16-17H,5-6,8-11H2,1-2H3;(H,6,7)/t13-,16-,17+;/m0./s1. The van der Waals surface area contributed by atoms with Crippen molar-refractivity contribution in [1.82, 2.24) is 9.80 Å². The summed E-state index contributed by atoms with van der Waals surface area (Å²) in [5, 5.41) is 7.12. The van der Waals surface area contributed by atoms with Gasteiger partial charge in [0.1, 0.15) is 6.10 Å². The number of carbonyl (C=O) groups excluding carboxylic acids is 1. The normalized spacial score (nSPS) is 24.7. The average molecular weight is 446 g/mol. The van der Waals surface area contributed by atoms with Crippen molar-refractivity contribution in [3.05, 3.63) is 23.8 Å². The van der Waals surface area contributed by atoms with Gasteiger partial charge >= 0.3 is 12.1 Å². The molecule has 0 bridgehead atoms. The van der Waals surface area contributed by atoms with Crippen molar-refractivity contribution >= 4 is 11.9 Å². The second-order valence-corrected chi connectivity index (χ2v) is 7.91. The number of halogens is 3. The van der Waals surface area contributed by atoms with Gasteiger partial charge in [-0.1, -0.05) is 6.07 Å². The molecular formula is C20H25F3N2O6. The minimum absolute atomic E-state index is 0.0896. The molecular weight excluding hydrogens is 421 g/mol. The number of fused-ring (bicyclic) bond motifs is 2. The number of carboxylic acids is 1. The highest BCUT2D eigenvalue weighted by molar-refractivity contribution is 5.80. The Labute approximate surface area is 177 Å². The zero-order chi connectivity index (χ0) is 22.8. The zero-order valence-electron chi connectivity index (χ0n) is 17.2. The molecule has 172 valence electrons. The Morgan fingerprint density at radius 3 is 2.55 bits per heavy atom. The van der Waals surface area contributed by atoms with E-state index in [9.17, 15) is 18.0 Å². The maximum Gasteiger partial charge on any atom is 0.490 e. The van der Waals surface area contributed by atoms with Crippen molar-refractivity contribution in [2.75, 3.05) is 34.0 Å². The van der Waals surface area contributed by atoms with Gasteiger partial charge in [-0.3, -0.25) is 9.69 Å². The molecule has 11 heteroatoms. The summed E-state index contributed by atoms with van der Waals surface area (Å²) >= 11 is 0. The van der Waals surface area contributed by atoms with Crippen LogP contribution in [0.15, 0.2) is 18.2 Å². The molecule has 1 aromatic carbocycles. The largest absolute Gasteiger partial charge is 0.490 e. The van der Waals surface area contributed by atoms with E-state index in [1.54, 1.807) is 19.0 Å². The van der Waals surface area contributed by atoms with E-state index in [0.717, 1.165) is 44.0 Å². The zero-order valence-corrected chi connectivity index (χ0v) is 17.2. The summed E-state index contributed by atoms with van der Waals surface area (Å²) in [6, 6.07) is 6.12. The van der Waals surface area contributed by atoms with Gasteiger partial charge in [0, 0.05) is 27.2 Å². The highest BCUT2D eigenvalue weighted by atomic mass is 19.4. The average Bonchev–Trinajstić information content (AvgIpc) is 3.32. The van der Waals surface area contributed by atoms with Gasteiger partial charge in [-0.05, 0) is 43.0 Å². The number of likely N-dealkylation sites (tertiary alicyclic amines) is 1. The molecule has 0 aromatic heterocycles. The second kappa shape index (κ2) is 9.31. The molecule has 2 fully saturated rings. The third-order valence-corrected chi connectivity index (χ3v) is 5.44. The van der Waals surface area contributed by atoms with Crippen LogP contribution in [-0.4, -0.2) is 79.1 Å². The van der Waals surface area contributed by atoms with Crippen molar-refractivity contribution in [2.24, 2.45) is 5.92 Å². The molecule has 2 saturated heterocycles. The summed E-state index contributed by atoms with van der Waals surface area (Å²) in [4.78, 5) is 25.1. The minimum atomic E-state index is -5.08. The number of likely N-dealkylation sites (N-methyl/N-ethyl adjacent to an activating group) is 1. The summed E-state index contributed by atoms with van der Waals surface area (Å²) < 4.78 is 48.6. The monoisotopic (exact) mass is 446 g/mol. The Morgan fingerprint density at radius 1 is 1.23 bits per heavy atom. The molecule has 0 unspecified atom stereocenters. The predicted molar refractivity (Wildman–Crippen MR) is 102 cm³/mol. The SMILES string of the molecule is CN(C)C(=O)[C@@H]1C[C@@H]2CCN(Cc3ccc4c(c3)OCO4)C[C@H]2O1.O=C(O)C(F)(F)F. The van der Waals surface area contributed by atoms with Crippen molar-refractivity contribution in [3.63, 3.8) is 0 Å². The number of carbonyl (C=O) groups is 2. The number of nitrogens with zero attached hydrogens (tertiary/aromatic N) is 2. The van der Waals surface area contributed by atoms with Gasteiger partial charge in [0.25, 0.3) is 5.91 Å². The lowest BCUT2D eigenvalue weighted by Gasteiger charge is -2.34. The highest BCUT2D eigenvalue weighted by Gasteiger charge is 2.42. The topological polar surface area (TPSA) is 88.5 Å². The molecule has 1 N–H and O–H groups in total. The number of benzene rings is 1. The first-order chi connectivity index (χ1) is 14.5. The lowest BCUT2D eigenvalue weighted by molar-refractivity contribution is -0.192. The predicted octanol–water partition coefficient (Wildman–Crippen LogP) is 2.12. The van der Waals surface area contributed by atoms with Gasteiger partial charge in [0.2, 0.25) is 6.79 Å². The van der Waals surface area contributed by atoms with Crippen LogP contribution in [0.3, 0.4) is 0 Å². The molecule has 1 aromatic rings. The number of aliphatic carboxylic acids is 1. The quantitative estimate of drug-likeness (QED) is 0.761. The van der Waals surface area contributed by atoms with Gasteiger partial charge in [-0.25, -0.2) is 4.79 Å². The molecule has 0 radical (unpaired) electrons. The third kappa shape index (κ3) is 5.79. The van der Waals surface area contributed by atoms with Crippen LogP contribution in [0.25, 0.3) is 0 Å². The lowest BCUT2D eigenvalue weighted by Crippen LogP contribution is -2.42. The van der Waals surface area contributed by atoms with Crippen molar-refractivity contribution in [1.29, 1.82) is 0 Å². The molecule has 3 atom stereocenters. The molecule has 0 saturated carbocycles. The Balaban J connectivity index is 0.000000339. The first-order valence-electron chi connectivity index (χ1n) is 9.82. The number of rotatable bonds is 3. The van der Waals surface area contributed by atoms with E-state index in [1.165, 1.54) is 5.56 Å². The van der Waals surface area contributed by atoms with E-state index in [-0.39, 0.29) is 18.1 Å². The lowest BCUT2D eigenvalue weighted by atomic mass is 9.91. The number of carboxylic acid groups (broad SMARTS) is 1. The molecule has 1 amide bonds. The highest BCUT2D eigenvalue weighted by Crippen LogP contribution is 2.36. The van der Waals surface area contributed by atoms with Gasteiger partial charge in [0.15, 0.2) is 11.5 Å². The summed E-state index contributed by atoms with van der Waals surface area (Å²) in [7, 11) is 3.58. The van der Waals surface area contributed by atoms with Crippen molar-refractivity contribution < 1.29 is 42.1 Å². The van der Waals surface area contributed by atoms with E-state index in [4.69, 9.17) is 24.1 Å². The summed E-state index contributed by atoms with van der Waals surface area (Å²) in [6.07, 6.45) is -3.23. The molecule has 3 aliphatic rings. The molecule has 3 aliphatic heterocycles. The van der Waals surface area contributed by atoms with E-state index in [1.807, 2.05) is 6.07 Å². The Kier molecular flexibility index (Phi) is 6.95. The minimum Gasteiger partial charge on any atom is -0.475 e. The molecule has 4 rings (SSSR count). The van der Waals surface area contributed by atoms with E-state index in [2.05, 4.69) is 17.0 Å². The second-order valence-electron chi connectivity index (χ2n) is 7.91. The van der Waals surface area contributed by atoms with Crippen LogP contribution < -0.4 is 9.47 Å². The van der Waals surface area contributed by atoms with Gasteiger partial charge in [0.05, 0.1) is 6.10 Å². The number of ether oxygens (including phenoxy) is 3. The van der Waals surface area contributed by atoms with Crippen LogP contribution in [0.4, 0.5) is 13.2 Å². The van der Waals surface area contributed by atoms with Gasteiger partial charge < -0.3 is 24.2 Å². The number of alkyl halides is 3. The van der Waals surface area contributed by atoms with Crippen LogP contribution >= 0.6 is 0 Å². The Hall–Kier alpha value is -2.53. The summed E-state index contributed by atoms with van der Waals surface area (Å²) in [5.41, 5.74) is 1.22. The van der Waals surface area contributed by atoms with E-state index < -0.39 is 12.1 Å². The van der Waals surface area contributed by atoms with E-state index >= 15 is 0 Å². The number of hydrogen-bond acceptors (Lipinski definition) is 6. The fraction of sp³-hybridized carbons (Fsp3) is 0.600. The molecule has 0 aliphatic carbocycles. The fourth-order valence-electron chi connectivity index (χ4n) is 3.88. The van der Waals surface area contributed by atoms with Gasteiger partial charge in [-0.15, -0.1) is 0 Å². The molecule has 31 heavy (non-hydrogen) atoms. The van der Waals surface area contributed by atoms with Gasteiger partial charge in [-0.2, -0.15) is 13.2 Å². The Bertz CT molecular complexity index is 817. The van der Waals surface area contributed by atoms with Crippen LogP contribution in [0.2, 0.25) is 0 Å². The third-order valence-electron chi connectivity index (χ3n) is 5.44. The molecule has 3 heterocycles. The number of amides is 1. The van der Waals surface area contributed by atoms with E-state index in [0.29, 0.717) is 12.7 Å². The number of hydrogen-bond donors (Lipinski definition) is 1. The molecule has 8 nitrogen and oxygen atoms in total.